The topological polar surface area (TPSA) is 41.1 Å². The van der Waals surface area contributed by atoms with E-state index in [4.69, 9.17) is 0 Å². The molecule has 0 aromatic heterocycles. The van der Waals surface area contributed by atoms with Gasteiger partial charge in [0.1, 0.15) is 0 Å². The third kappa shape index (κ3) is 7.06. The fourth-order valence-electron chi connectivity index (χ4n) is 0.642. The van der Waals surface area contributed by atoms with Crippen molar-refractivity contribution in [1.29, 1.82) is 0 Å². The van der Waals surface area contributed by atoms with Crippen molar-refractivity contribution in [3.05, 3.63) is 12.2 Å². The first-order valence-electron chi connectivity index (χ1n) is 3.83. The minimum Gasteiger partial charge on any atom is -0.358 e. The van der Waals surface area contributed by atoms with Crippen molar-refractivity contribution in [2.45, 2.75) is 13.3 Å². The average molecular weight is 156 g/mol. The molecule has 2 N–H and O–H groups in total. The van der Waals surface area contributed by atoms with Gasteiger partial charge in [0.25, 0.3) is 0 Å². The van der Waals surface area contributed by atoms with E-state index in [-0.39, 0.29) is 5.91 Å². The van der Waals surface area contributed by atoms with Crippen LogP contribution in [-0.2, 0) is 4.79 Å². The van der Waals surface area contributed by atoms with Crippen LogP contribution in [0.4, 0.5) is 0 Å². The monoisotopic (exact) mass is 156 g/mol. The van der Waals surface area contributed by atoms with Gasteiger partial charge in [0.2, 0.25) is 5.91 Å². The second-order valence-corrected chi connectivity index (χ2v) is 2.21. The van der Waals surface area contributed by atoms with Gasteiger partial charge in [0, 0.05) is 7.05 Å². The summed E-state index contributed by atoms with van der Waals surface area (Å²) in [7, 11) is 1.63. The Morgan fingerprint density at radius 3 is 2.82 bits per heavy atom. The molecule has 0 heterocycles. The zero-order chi connectivity index (χ0) is 8.53. The van der Waals surface area contributed by atoms with Crippen LogP contribution < -0.4 is 10.6 Å². The number of likely N-dealkylation sites (N-methyl/N-ethyl adjacent to an activating group) is 1. The molecule has 0 aliphatic carbocycles. The maximum Gasteiger partial charge on any atom is 0.233 e. The van der Waals surface area contributed by atoms with Crippen LogP contribution in [0.15, 0.2) is 12.2 Å². The molecule has 0 saturated carbocycles. The lowest BCUT2D eigenvalue weighted by Crippen LogP contribution is -2.31. The SMILES string of the molecule is C/C=C/CCNCC(=O)NC. The molecule has 0 aromatic carbocycles. The van der Waals surface area contributed by atoms with Gasteiger partial charge in [-0.1, -0.05) is 12.2 Å². The molecule has 0 fully saturated rings. The molecule has 3 heteroatoms. The Morgan fingerprint density at radius 1 is 1.55 bits per heavy atom. The summed E-state index contributed by atoms with van der Waals surface area (Å²) in [5.41, 5.74) is 0. The fourth-order valence-corrected chi connectivity index (χ4v) is 0.642. The molecule has 0 aliphatic heterocycles. The molecule has 3 nitrogen and oxygen atoms in total. The average Bonchev–Trinajstić information content (AvgIpc) is 2.04. The minimum atomic E-state index is 0.0329. The van der Waals surface area contributed by atoms with Gasteiger partial charge in [-0.3, -0.25) is 4.79 Å². The van der Waals surface area contributed by atoms with Crippen molar-refractivity contribution >= 4 is 5.91 Å². The molecular formula is C8H16N2O. The van der Waals surface area contributed by atoms with Gasteiger partial charge < -0.3 is 10.6 Å². The highest BCUT2D eigenvalue weighted by atomic mass is 16.1. The van der Waals surface area contributed by atoms with Crippen molar-refractivity contribution in [2.75, 3.05) is 20.1 Å². The third-order valence-corrected chi connectivity index (χ3v) is 1.29. The van der Waals surface area contributed by atoms with Crippen LogP contribution in [0.2, 0.25) is 0 Å². The molecule has 1 amide bonds. The summed E-state index contributed by atoms with van der Waals surface area (Å²) in [6.45, 7) is 3.25. The molecule has 0 aromatic rings. The van der Waals surface area contributed by atoms with Crippen LogP contribution in [0.5, 0.6) is 0 Å². The van der Waals surface area contributed by atoms with Gasteiger partial charge in [-0.15, -0.1) is 0 Å². The van der Waals surface area contributed by atoms with Crippen molar-refractivity contribution in [3.8, 4) is 0 Å². The third-order valence-electron chi connectivity index (χ3n) is 1.29. The highest BCUT2D eigenvalue weighted by molar-refractivity contribution is 5.77. The summed E-state index contributed by atoms with van der Waals surface area (Å²) in [5, 5.41) is 5.54. The quantitative estimate of drug-likeness (QED) is 0.443. The van der Waals surface area contributed by atoms with E-state index in [1.807, 2.05) is 13.0 Å². The largest absolute Gasteiger partial charge is 0.358 e. The Hall–Kier alpha value is -0.830. The summed E-state index contributed by atoms with van der Waals surface area (Å²) in [5.74, 6) is 0.0329. The second-order valence-electron chi connectivity index (χ2n) is 2.21. The Bertz CT molecular complexity index is 132. The van der Waals surface area contributed by atoms with Crippen molar-refractivity contribution in [2.24, 2.45) is 0 Å². The number of nitrogens with one attached hydrogen (secondary N) is 2. The summed E-state index contributed by atoms with van der Waals surface area (Å²) < 4.78 is 0. The molecular weight excluding hydrogens is 140 g/mol. The van der Waals surface area contributed by atoms with E-state index in [1.54, 1.807) is 7.05 Å². The molecule has 11 heavy (non-hydrogen) atoms. The summed E-state index contributed by atoms with van der Waals surface area (Å²) in [6.07, 6.45) is 5.05. The number of amides is 1. The molecule has 0 unspecified atom stereocenters. The molecule has 0 rings (SSSR count). The lowest BCUT2D eigenvalue weighted by molar-refractivity contribution is -0.119. The summed E-state index contributed by atoms with van der Waals surface area (Å²) >= 11 is 0. The smallest absolute Gasteiger partial charge is 0.233 e. The number of carbonyl (C=O) groups excluding carboxylic acids is 1. The lowest BCUT2D eigenvalue weighted by atomic mass is 10.4. The van der Waals surface area contributed by atoms with Gasteiger partial charge in [-0.2, -0.15) is 0 Å². The van der Waals surface area contributed by atoms with Crippen LogP contribution in [0.3, 0.4) is 0 Å². The van der Waals surface area contributed by atoms with E-state index >= 15 is 0 Å². The molecule has 0 saturated heterocycles. The molecule has 0 atom stereocenters. The maximum atomic E-state index is 10.7. The number of rotatable bonds is 5. The minimum absolute atomic E-state index is 0.0329. The van der Waals surface area contributed by atoms with E-state index in [0.29, 0.717) is 6.54 Å². The standard InChI is InChI=1S/C8H16N2O/c1-3-4-5-6-10-7-8(11)9-2/h3-4,10H,5-7H2,1-2H3,(H,9,11)/b4-3+. The first-order valence-corrected chi connectivity index (χ1v) is 3.83. The van der Waals surface area contributed by atoms with Crippen LogP contribution in [0.1, 0.15) is 13.3 Å². The number of allylic oxidation sites excluding steroid dienone is 1. The highest BCUT2D eigenvalue weighted by Crippen LogP contribution is 1.78. The predicted molar refractivity (Wildman–Crippen MR) is 46.4 cm³/mol. The number of hydrogen-bond acceptors (Lipinski definition) is 2. The van der Waals surface area contributed by atoms with Crippen LogP contribution in [-0.4, -0.2) is 26.0 Å². The first-order chi connectivity index (χ1) is 5.31. The van der Waals surface area contributed by atoms with Gasteiger partial charge in [0.15, 0.2) is 0 Å². The van der Waals surface area contributed by atoms with E-state index < -0.39 is 0 Å². The van der Waals surface area contributed by atoms with E-state index in [2.05, 4.69) is 16.7 Å². The number of carbonyl (C=O) groups is 1. The molecule has 0 radical (unpaired) electrons. The molecule has 64 valence electrons. The van der Waals surface area contributed by atoms with Crippen molar-refractivity contribution < 1.29 is 4.79 Å². The summed E-state index contributed by atoms with van der Waals surface area (Å²) in [4.78, 5) is 10.7. The zero-order valence-corrected chi connectivity index (χ0v) is 7.18. The maximum absolute atomic E-state index is 10.7. The molecule has 0 spiro atoms. The van der Waals surface area contributed by atoms with Crippen LogP contribution in [0.25, 0.3) is 0 Å². The summed E-state index contributed by atoms with van der Waals surface area (Å²) in [6, 6.07) is 0. The zero-order valence-electron chi connectivity index (χ0n) is 7.18. The van der Waals surface area contributed by atoms with Crippen LogP contribution >= 0.6 is 0 Å². The predicted octanol–water partition coefficient (Wildman–Crippen LogP) is 0.288. The highest BCUT2D eigenvalue weighted by Gasteiger charge is 1.93. The Labute approximate surface area is 67.9 Å². The molecule has 0 bridgehead atoms. The lowest BCUT2D eigenvalue weighted by Gasteiger charge is -2.00. The second kappa shape index (κ2) is 7.28. The molecule has 0 aliphatic rings. The van der Waals surface area contributed by atoms with Crippen molar-refractivity contribution in [3.63, 3.8) is 0 Å². The van der Waals surface area contributed by atoms with Gasteiger partial charge in [-0.05, 0) is 19.9 Å². The fraction of sp³-hybridized carbons (Fsp3) is 0.625. The van der Waals surface area contributed by atoms with Gasteiger partial charge >= 0.3 is 0 Å². The van der Waals surface area contributed by atoms with E-state index in [0.717, 1.165) is 13.0 Å². The normalized spacial score (nSPS) is 10.4. The number of hydrogen-bond donors (Lipinski definition) is 2. The van der Waals surface area contributed by atoms with Crippen molar-refractivity contribution in [1.82, 2.24) is 10.6 Å². The Kier molecular flexibility index (Phi) is 6.73. The van der Waals surface area contributed by atoms with E-state index in [1.165, 1.54) is 0 Å². The van der Waals surface area contributed by atoms with Gasteiger partial charge in [0.05, 0.1) is 6.54 Å². The Balaban J connectivity index is 3.08. The van der Waals surface area contributed by atoms with Crippen LogP contribution in [0, 0.1) is 0 Å². The first kappa shape index (κ1) is 10.2. The van der Waals surface area contributed by atoms with Gasteiger partial charge in [-0.25, -0.2) is 0 Å². The Morgan fingerprint density at radius 2 is 2.27 bits per heavy atom. The van der Waals surface area contributed by atoms with E-state index in [9.17, 15) is 4.79 Å².